The number of benzene rings is 1. The molecule has 81 valence electrons. The van der Waals surface area contributed by atoms with Gasteiger partial charge in [-0.1, -0.05) is 0 Å². The van der Waals surface area contributed by atoms with Gasteiger partial charge in [0.15, 0.2) is 5.78 Å². The van der Waals surface area contributed by atoms with Crippen LogP contribution < -0.4 is 4.74 Å². The molecule has 0 aromatic heterocycles. The van der Waals surface area contributed by atoms with Crippen molar-refractivity contribution in [3.63, 3.8) is 0 Å². The molecule has 0 atom stereocenters. The Balaban J connectivity index is 2.85. The Morgan fingerprint density at radius 3 is 2.33 bits per heavy atom. The number of hydrogen-bond acceptors (Lipinski definition) is 3. The van der Waals surface area contributed by atoms with Crippen molar-refractivity contribution in [1.29, 1.82) is 0 Å². The third-order valence-corrected chi connectivity index (χ3v) is 1.94. The van der Waals surface area contributed by atoms with Gasteiger partial charge >= 0.3 is 0 Å². The molecule has 0 aliphatic heterocycles. The Kier molecular flexibility index (Phi) is 3.48. The maximum absolute atomic E-state index is 11.6. The zero-order valence-electron chi connectivity index (χ0n) is 8.99. The fraction of sp³-hybridized carbons (Fsp3) is 0.333. The summed E-state index contributed by atoms with van der Waals surface area (Å²) in [5.41, 5.74) is -0.867. The second-order valence-corrected chi connectivity index (χ2v) is 3.76. The molecule has 1 aromatic carbocycles. The summed E-state index contributed by atoms with van der Waals surface area (Å²) in [6.45, 7) is 6.83. The summed E-state index contributed by atoms with van der Waals surface area (Å²) in [6.07, 6.45) is 0. The summed E-state index contributed by atoms with van der Waals surface area (Å²) < 4.78 is 5.14. The van der Waals surface area contributed by atoms with Gasteiger partial charge < -0.3 is 9.84 Å². The van der Waals surface area contributed by atoms with Crippen LogP contribution in [-0.2, 0) is 0 Å². The van der Waals surface area contributed by atoms with Gasteiger partial charge in [-0.15, -0.1) is 0 Å². The van der Waals surface area contributed by atoms with Gasteiger partial charge in [-0.25, -0.2) is 0 Å². The molecule has 0 heterocycles. The molecule has 1 radical (unpaired) electrons. The van der Waals surface area contributed by atoms with E-state index in [1.165, 1.54) is 13.8 Å². The number of ketones is 1. The molecule has 0 bridgehead atoms. The molecule has 0 aliphatic carbocycles. The van der Waals surface area contributed by atoms with Crippen molar-refractivity contribution in [2.24, 2.45) is 0 Å². The molecular weight excluding hydrogens is 192 g/mol. The molecule has 0 saturated carbocycles. The Bertz CT molecular complexity index is 333. The van der Waals surface area contributed by atoms with Crippen LogP contribution in [0.15, 0.2) is 24.3 Å². The molecule has 1 aromatic rings. The monoisotopic (exact) mass is 207 g/mol. The van der Waals surface area contributed by atoms with Crippen molar-refractivity contribution in [1.82, 2.24) is 0 Å². The first-order chi connectivity index (χ1) is 6.95. The molecule has 15 heavy (non-hydrogen) atoms. The summed E-state index contributed by atoms with van der Waals surface area (Å²) in [5.74, 6) is 0.362. The quantitative estimate of drug-likeness (QED) is 0.766. The summed E-state index contributed by atoms with van der Waals surface area (Å²) in [5, 5.41) is 9.52. The number of aliphatic hydroxyl groups is 1. The third kappa shape index (κ3) is 3.06. The highest BCUT2D eigenvalue weighted by Gasteiger charge is 2.24. The Hall–Kier alpha value is -1.35. The van der Waals surface area contributed by atoms with Crippen molar-refractivity contribution in [2.45, 2.75) is 19.4 Å². The first-order valence-electron chi connectivity index (χ1n) is 4.74. The van der Waals surface area contributed by atoms with Gasteiger partial charge in [-0.05, 0) is 45.0 Å². The number of rotatable bonds is 4. The summed E-state index contributed by atoms with van der Waals surface area (Å²) >= 11 is 0. The number of hydrogen-bond donors (Lipinski definition) is 1. The highest BCUT2D eigenvalue weighted by Crippen LogP contribution is 2.16. The highest BCUT2D eigenvalue weighted by atomic mass is 16.5. The van der Waals surface area contributed by atoms with Gasteiger partial charge in [0, 0.05) is 5.56 Å². The largest absolute Gasteiger partial charge is 0.494 e. The highest BCUT2D eigenvalue weighted by molar-refractivity contribution is 6.01. The maximum atomic E-state index is 11.6. The average Bonchev–Trinajstić information content (AvgIpc) is 2.17. The number of Topliss-reactive ketones (excluding diaryl/α,β-unsaturated/α-hetero) is 1. The normalized spacial score (nSPS) is 11.2. The fourth-order valence-corrected chi connectivity index (χ4v) is 1.17. The zero-order valence-corrected chi connectivity index (χ0v) is 8.99. The third-order valence-electron chi connectivity index (χ3n) is 1.94. The lowest BCUT2D eigenvalue weighted by molar-refractivity contribution is 0.0488. The van der Waals surface area contributed by atoms with Gasteiger partial charge in [0.25, 0.3) is 0 Å². The lowest BCUT2D eigenvalue weighted by Gasteiger charge is -2.15. The SMILES string of the molecule is [CH2]COc1ccc(C(=O)C(C)(C)O)cc1. The van der Waals surface area contributed by atoms with E-state index in [9.17, 15) is 9.90 Å². The van der Waals surface area contributed by atoms with E-state index in [1.54, 1.807) is 24.3 Å². The minimum atomic E-state index is -1.34. The van der Waals surface area contributed by atoms with Crippen molar-refractivity contribution >= 4 is 5.78 Å². The molecule has 0 saturated heterocycles. The molecule has 0 spiro atoms. The predicted octanol–water partition coefficient (Wildman–Crippen LogP) is 1.85. The Labute approximate surface area is 89.7 Å². The standard InChI is InChI=1S/C12H15O3/c1-4-15-10-7-5-9(6-8-10)11(13)12(2,3)14/h5-8,14H,1,4H2,2-3H3. The van der Waals surface area contributed by atoms with Gasteiger partial charge in [-0.2, -0.15) is 0 Å². The van der Waals surface area contributed by atoms with E-state index >= 15 is 0 Å². The van der Waals surface area contributed by atoms with Crippen molar-refractivity contribution in [3.05, 3.63) is 36.8 Å². The molecular formula is C12H15O3. The second kappa shape index (κ2) is 4.45. The van der Waals surface area contributed by atoms with Gasteiger partial charge in [0.05, 0.1) is 6.61 Å². The second-order valence-electron chi connectivity index (χ2n) is 3.76. The molecule has 1 rings (SSSR count). The van der Waals surface area contributed by atoms with Crippen LogP contribution in [0.2, 0.25) is 0 Å². The van der Waals surface area contributed by atoms with E-state index in [2.05, 4.69) is 6.92 Å². The van der Waals surface area contributed by atoms with Crippen LogP contribution in [0.5, 0.6) is 5.75 Å². The van der Waals surface area contributed by atoms with E-state index in [0.29, 0.717) is 17.9 Å². The van der Waals surface area contributed by atoms with Gasteiger partial charge in [-0.3, -0.25) is 4.79 Å². The van der Waals surface area contributed by atoms with Crippen LogP contribution in [0, 0.1) is 6.92 Å². The predicted molar refractivity (Wildman–Crippen MR) is 57.9 cm³/mol. The van der Waals surface area contributed by atoms with E-state index in [4.69, 9.17) is 4.74 Å². The first kappa shape index (κ1) is 11.7. The van der Waals surface area contributed by atoms with Crippen molar-refractivity contribution in [2.75, 3.05) is 6.61 Å². The van der Waals surface area contributed by atoms with Crippen LogP contribution in [0.4, 0.5) is 0 Å². The summed E-state index contributed by atoms with van der Waals surface area (Å²) in [7, 11) is 0. The lowest BCUT2D eigenvalue weighted by Crippen LogP contribution is -2.30. The number of carbonyl (C=O) groups is 1. The fourth-order valence-electron chi connectivity index (χ4n) is 1.17. The van der Waals surface area contributed by atoms with Crippen LogP contribution in [0.25, 0.3) is 0 Å². The summed E-state index contributed by atoms with van der Waals surface area (Å²) in [4.78, 5) is 11.6. The van der Waals surface area contributed by atoms with Gasteiger partial charge in [0.1, 0.15) is 11.4 Å². The molecule has 0 aliphatic rings. The van der Waals surface area contributed by atoms with Gasteiger partial charge in [0.2, 0.25) is 0 Å². The first-order valence-corrected chi connectivity index (χ1v) is 4.74. The van der Waals surface area contributed by atoms with E-state index in [1.807, 2.05) is 0 Å². The van der Waals surface area contributed by atoms with Crippen LogP contribution in [-0.4, -0.2) is 23.1 Å². The minimum Gasteiger partial charge on any atom is -0.494 e. The van der Waals surface area contributed by atoms with E-state index in [0.717, 1.165) is 0 Å². The Morgan fingerprint density at radius 1 is 1.40 bits per heavy atom. The van der Waals surface area contributed by atoms with Crippen LogP contribution >= 0.6 is 0 Å². The van der Waals surface area contributed by atoms with Crippen LogP contribution in [0.1, 0.15) is 24.2 Å². The molecule has 0 amide bonds. The molecule has 0 unspecified atom stereocenters. The van der Waals surface area contributed by atoms with Crippen LogP contribution in [0.3, 0.4) is 0 Å². The smallest absolute Gasteiger partial charge is 0.193 e. The van der Waals surface area contributed by atoms with E-state index < -0.39 is 5.60 Å². The number of carbonyl (C=O) groups excluding carboxylic acids is 1. The molecule has 1 N–H and O–H groups in total. The minimum absolute atomic E-state index is 0.302. The maximum Gasteiger partial charge on any atom is 0.193 e. The zero-order chi connectivity index (χ0) is 11.5. The average molecular weight is 207 g/mol. The molecule has 3 nitrogen and oxygen atoms in total. The molecule has 0 fully saturated rings. The Morgan fingerprint density at radius 2 is 1.93 bits per heavy atom. The summed E-state index contributed by atoms with van der Waals surface area (Å²) in [6, 6.07) is 6.63. The van der Waals surface area contributed by atoms with Crippen molar-refractivity contribution in [3.8, 4) is 5.75 Å². The lowest BCUT2D eigenvalue weighted by atomic mass is 9.97. The number of ether oxygens (including phenoxy) is 1. The molecule has 3 heteroatoms. The van der Waals surface area contributed by atoms with E-state index in [-0.39, 0.29) is 5.78 Å². The topological polar surface area (TPSA) is 46.5 Å². The van der Waals surface area contributed by atoms with Crippen molar-refractivity contribution < 1.29 is 14.6 Å².